The molecule has 1 aliphatic carbocycles. The van der Waals surface area contributed by atoms with Crippen LogP contribution >= 0.6 is 11.6 Å². The maximum atomic E-state index is 11.8. The van der Waals surface area contributed by atoms with Crippen LogP contribution in [0, 0.1) is 5.92 Å². The highest BCUT2D eigenvalue weighted by Crippen LogP contribution is 2.26. The second kappa shape index (κ2) is 6.01. The van der Waals surface area contributed by atoms with Crippen LogP contribution in [-0.4, -0.2) is 22.8 Å². The Kier molecular flexibility index (Phi) is 4.37. The van der Waals surface area contributed by atoms with Crippen molar-refractivity contribution in [1.82, 2.24) is 10.3 Å². The van der Waals surface area contributed by atoms with Crippen molar-refractivity contribution in [3.63, 3.8) is 0 Å². The van der Waals surface area contributed by atoms with Gasteiger partial charge in [0.1, 0.15) is 0 Å². The minimum atomic E-state index is -0.0360. The van der Waals surface area contributed by atoms with Gasteiger partial charge in [-0.25, -0.2) is 0 Å². The molecule has 1 fully saturated rings. The van der Waals surface area contributed by atoms with Gasteiger partial charge in [0.15, 0.2) is 0 Å². The van der Waals surface area contributed by atoms with Gasteiger partial charge in [0.25, 0.3) is 5.91 Å². The lowest BCUT2D eigenvalue weighted by atomic mass is 9.89. The first kappa shape index (κ1) is 12.4. The van der Waals surface area contributed by atoms with E-state index in [9.17, 15) is 4.79 Å². The summed E-state index contributed by atoms with van der Waals surface area (Å²) in [6.45, 7) is 0.747. The van der Waals surface area contributed by atoms with Crippen molar-refractivity contribution in [2.45, 2.75) is 31.1 Å². The number of alkyl halides is 1. The molecule has 92 valence electrons. The van der Waals surface area contributed by atoms with Gasteiger partial charge in [0.05, 0.1) is 5.56 Å². The van der Waals surface area contributed by atoms with E-state index in [1.165, 1.54) is 0 Å². The van der Waals surface area contributed by atoms with E-state index < -0.39 is 0 Å². The molecule has 1 amide bonds. The smallest absolute Gasteiger partial charge is 0.252 e. The summed E-state index contributed by atoms with van der Waals surface area (Å²) >= 11 is 6.04. The van der Waals surface area contributed by atoms with Gasteiger partial charge in [-0.1, -0.05) is 0 Å². The van der Waals surface area contributed by atoms with E-state index in [-0.39, 0.29) is 5.91 Å². The van der Waals surface area contributed by atoms with Crippen LogP contribution in [0.15, 0.2) is 24.5 Å². The van der Waals surface area contributed by atoms with Crippen molar-refractivity contribution >= 4 is 17.5 Å². The van der Waals surface area contributed by atoms with Crippen LogP contribution in [0.25, 0.3) is 0 Å². The zero-order valence-corrected chi connectivity index (χ0v) is 10.5. The Hall–Kier alpha value is -1.09. The van der Waals surface area contributed by atoms with Gasteiger partial charge < -0.3 is 5.32 Å². The Balaban J connectivity index is 1.77. The second-order valence-corrected chi connectivity index (χ2v) is 5.19. The fraction of sp³-hybridized carbons (Fsp3) is 0.538. The first-order valence-electron chi connectivity index (χ1n) is 6.08. The summed E-state index contributed by atoms with van der Waals surface area (Å²) in [5.74, 6) is 0.539. The summed E-state index contributed by atoms with van der Waals surface area (Å²) in [7, 11) is 0. The number of carbonyl (C=O) groups excluding carboxylic acids is 1. The van der Waals surface area contributed by atoms with E-state index >= 15 is 0 Å². The monoisotopic (exact) mass is 252 g/mol. The molecule has 0 unspecified atom stereocenters. The standard InChI is InChI=1S/C13H17ClN2O/c14-12-5-3-10(4-6-12)8-16-13(17)11-2-1-7-15-9-11/h1-2,7,9-10,12H,3-6,8H2,(H,16,17). The molecule has 1 N–H and O–H groups in total. The number of carbonyl (C=O) groups is 1. The van der Waals surface area contributed by atoms with Gasteiger partial charge in [-0.2, -0.15) is 0 Å². The van der Waals surface area contributed by atoms with Crippen molar-refractivity contribution in [2.75, 3.05) is 6.54 Å². The van der Waals surface area contributed by atoms with E-state index in [0.717, 1.165) is 32.2 Å². The molecular formula is C13H17ClN2O. The second-order valence-electron chi connectivity index (χ2n) is 4.57. The number of halogens is 1. The van der Waals surface area contributed by atoms with Crippen molar-refractivity contribution in [1.29, 1.82) is 0 Å². The molecule has 2 rings (SSSR count). The summed E-state index contributed by atoms with van der Waals surface area (Å²) < 4.78 is 0. The number of nitrogens with one attached hydrogen (secondary N) is 1. The highest BCUT2D eigenvalue weighted by atomic mass is 35.5. The Morgan fingerprint density at radius 3 is 2.82 bits per heavy atom. The number of amides is 1. The van der Waals surface area contributed by atoms with E-state index in [0.29, 0.717) is 16.9 Å². The largest absolute Gasteiger partial charge is 0.352 e. The molecule has 0 aliphatic heterocycles. The third-order valence-electron chi connectivity index (χ3n) is 3.25. The zero-order chi connectivity index (χ0) is 12.1. The maximum absolute atomic E-state index is 11.8. The third-order valence-corrected chi connectivity index (χ3v) is 3.69. The summed E-state index contributed by atoms with van der Waals surface area (Å²) in [6.07, 6.45) is 7.61. The molecule has 4 heteroatoms. The number of pyridine rings is 1. The Bertz CT molecular complexity index is 361. The molecule has 1 aromatic heterocycles. The number of hydrogen-bond acceptors (Lipinski definition) is 2. The van der Waals surface area contributed by atoms with E-state index in [2.05, 4.69) is 10.3 Å². The lowest BCUT2D eigenvalue weighted by molar-refractivity contribution is 0.0943. The molecule has 0 aromatic carbocycles. The molecule has 1 saturated carbocycles. The summed E-state index contributed by atoms with van der Waals surface area (Å²) in [4.78, 5) is 15.7. The molecule has 1 aromatic rings. The van der Waals surface area contributed by atoms with Gasteiger partial charge in [-0.15, -0.1) is 11.6 Å². The zero-order valence-electron chi connectivity index (χ0n) is 9.73. The lowest BCUT2D eigenvalue weighted by Gasteiger charge is -2.24. The van der Waals surface area contributed by atoms with Gasteiger partial charge >= 0.3 is 0 Å². The molecule has 17 heavy (non-hydrogen) atoms. The quantitative estimate of drug-likeness (QED) is 0.841. The third kappa shape index (κ3) is 3.70. The highest BCUT2D eigenvalue weighted by Gasteiger charge is 2.19. The lowest BCUT2D eigenvalue weighted by Crippen LogP contribution is -2.31. The SMILES string of the molecule is O=C(NCC1CCC(Cl)CC1)c1cccnc1. The van der Waals surface area contributed by atoms with Crippen LogP contribution in [-0.2, 0) is 0 Å². The minimum absolute atomic E-state index is 0.0360. The Labute approximate surface area is 107 Å². The predicted octanol–water partition coefficient (Wildman–Crippen LogP) is 2.61. The van der Waals surface area contributed by atoms with Crippen LogP contribution < -0.4 is 5.32 Å². The molecule has 0 radical (unpaired) electrons. The predicted molar refractivity (Wildman–Crippen MR) is 68.2 cm³/mol. The normalized spacial score (nSPS) is 24.3. The van der Waals surface area contributed by atoms with Crippen LogP contribution in [0.1, 0.15) is 36.0 Å². The average molecular weight is 253 g/mol. The van der Waals surface area contributed by atoms with E-state index in [1.54, 1.807) is 24.5 Å². The van der Waals surface area contributed by atoms with Crippen molar-refractivity contribution in [2.24, 2.45) is 5.92 Å². The minimum Gasteiger partial charge on any atom is -0.352 e. The maximum Gasteiger partial charge on any atom is 0.252 e. The van der Waals surface area contributed by atoms with Gasteiger partial charge in [-0.3, -0.25) is 9.78 Å². The van der Waals surface area contributed by atoms with Crippen LogP contribution in [0.5, 0.6) is 0 Å². The summed E-state index contributed by atoms with van der Waals surface area (Å²) in [5.41, 5.74) is 0.624. The number of hydrogen-bond donors (Lipinski definition) is 1. The molecule has 1 heterocycles. The van der Waals surface area contributed by atoms with Gasteiger partial charge in [-0.05, 0) is 43.7 Å². The van der Waals surface area contributed by atoms with E-state index in [1.807, 2.05) is 0 Å². The molecule has 0 atom stereocenters. The van der Waals surface area contributed by atoms with Crippen molar-refractivity contribution in [3.05, 3.63) is 30.1 Å². The van der Waals surface area contributed by atoms with Gasteiger partial charge in [0.2, 0.25) is 0 Å². The highest BCUT2D eigenvalue weighted by molar-refractivity contribution is 6.20. The first-order valence-corrected chi connectivity index (χ1v) is 6.51. The molecule has 3 nitrogen and oxygen atoms in total. The molecule has 1 aliphatic rings. The Morgan fingerprint density at radius 2 is 2.18 bits per heavy atom. The fourth-order valence-electron chi connectivity index (χ4n) is 2.16. The van der Waals surface area contributed by atoms with Gasteiger partial charge in [0, 0.05) is 24.3 Å². The van der Waals surface area contributed by atoms with Crippen LogP contribution in [0.2, 0.25) is 0 Å². The molecule has 0 saturated heterocycles. The number of aromatic nitrogens is 1. The number of nitrogens with zero attached hydrogens (tertiary/aromatic N) is 1. The molecule has 0 bridgehead atoms. The number of rotatable bonds is 3. The topological polar surface area (TPSA) is 42.0 Å². The summed E-state index contributed by atoms with van der Waals surface area (Å²) in [6, 6.07) is 3.55. The van der Waals surface area contributed by atoms with Crippen LogP contribution in [0.4, 0.5) is 0 Å². The molecule has 0 spiro atoms. The van der Waals surface area contributed by atoms with Crippen LogP contribution in [0.3, 0.4) is 0 Å². The van der Waals surface area contributed by atoms with E-state index in [4.69, 9.17) is 11.6 Å². The average Bonchev–Trinajstić information content (AvgIpc) is 2.39. The van der Waals surface area contributed by atoms with Crippen molar-refractivity contribution in [3.8, 4) is 0 Å². The molecular weight excluding hydrogens is 236 g/mol. The summed E-state index contributed by atoms with van der Waals surface area (Å²) in [5, 5.41) is 3.30. The van der Waals surface area contributed by atoms with Crippen molar-refractivity contribution < 1.29 is 4.79 Å². The fourth-order valence-corrected chi connectivity index (χ4v) is 2.41. The Morgan fingerprint density at radius 1 is 1.41 bits per heavy atom. The first-order chi connectivity index (χ1) is 8.25.